The first-order chi connectivity index (χ1) is 12.9. The summed E-state index contributed by atoms with van der Waals surface area (Å²) in [6, 6.07) is 44.5. The van der Waals surface area contributed by atoms with Crippen LogP contribution in [0.1, 0.15) is 0 Å². The molecule has 0 atom stereocenters. The fourth-order valence-corrected chi connectivity index (χ4v) is 5.07. The van der Waals surface area contributed by atoms with E-state index in [1.54, 1.807) is 6.07 Å². The van der Waals surface area contributed by atoms with Gasteiger partial charge in [-0.15, -0.1) is 0 Å². The Bertz CT molecular complexity index is 733. The van der Waals surface area contributed by atoms with Crippen molar-refractivity contribution in [2.75, 3.05) is 0 Å². The second-order valence-electron chi connectivity index (χ2n) is 5.16. The first-order valence-corrected chi connectivity index (χ1v) is 9.51. The van der Waals surface area contributed by atoms with Crippen molar-refractivity contribution < 1.29 is 24.8 Å². The van der Waals surface area contributed by atoms with Gasteiger partial charge in [0.25, 0.3) is 0 Å². The van der Waals surface area contributed by atoms with Gasteiger partial charge in [0.1, 0.15) is 15.9 Å². The maximum Gasteiger partial charge on any atom is 0.102 e. The molecule has 1 nitrogen and oxygen atoms in total. The van der Waals surface area contributed by atoms with E-state index in [9.17, 15) is 0 Å². The zero-order valence-electron chi connectivity index (χ0n) is 14.5. The molecule has 0 bridgehead atoms. The summed E-state index contributed by atoms with van der Waals surface area (Å²) in [7, 11) is -0.877. The van der Waals surface area contributed by atoms with Crippen molar-refractivity contribution in [2.24, 2.45) is 0 Å². The summed E-state index contributed by atoms with van der Waals surface area (Å²) < 4.78 is 7.50. The Balaban J connectivity index is 0.000000390. The van der Waals surface area contributed by atoms with Gasteiger partial charge < -0.3 is 30.3 Å². The average molecular weight is 545 g/mol. The zero-order valence-corrected chi connectivity index (χ0v) is 17.9. The van der Waals surface area contributed by atoms with Crippen molar-refractivity contribution >= 4 is 23.8 Å². The van der Waals surface area contributed by atoms with Crippen LogP contribution in [0.4, 0.5) is 0 Å². The molecule has 0 unspecified atom stereocenters. The molecule has 4 rings (SSSR count). The third kappa shape index (κ3) is 7.53. The van der Waals surface area contributed by atoms with Gasteiger partial charge in [-0.2, -0.15) is 0 Å². The van der Waals surface area contributed by atoms with Crippen molar-refractivity contribution in [3.63, 3.8) is 0 Å². The van der Waals surface area contributed by atoms with Gasteiger partial charge in [-0.3, -0.25) is 0 Å². The van der Waals surface area contributed by atoms with Crippen molar-refractivity contribution in [1.29, 1.82) is 0 Å². The van der Waals surface area contributed by atoms with Crippen molar-refractivity contribution in [3.8, 4) is 0 Å². The Morgan fingerprint density at radius 3 is 1.11 bits per heavy atom. The molecule has 4 aromatic carbocycles. The van der Waals surface area contributed by atoms with Crippen LogP contribution in [0, 0.1) is 30.9 Å². The van der Waals surface area contributed by atoms with Crippen LogP contribution in [0.2, 0.25) is 0 Å². The third-order valence-corrected chi connectivity index (χ3v) is 6.27. The Kier molecular flexibility index (Phi) is 11.8. The van der Waals surface area contributed by atoms with E-state index < -0.39 is 7.92 Å². The van der Waals surface area contributed by atoms with Crippen molar-refractivity contribution in [3.05, 3.63) is 128 Å². The van der Waals surface area contributed by atoms with E-state index in [1.165, 1.54) is 15.9 Å². The first-order valence-electron chi connectivity index (χ1n) is 8.01. The van der Waals surface area contributed by atoms with Crippen LogP contribution in [0.3, 0.4) is 0 Å². The monoisotopic (exact) mass is 545 g/mol. The van der Waals surface area contributed by atoms with Crippen molar-refractivity contribution in [1.82, 2.24) is 0 Å². The zero-order chi connectivity index (χ0) is 18.5. The SMILES string of the molecule is [C-]#[O+].[Ir].[c-]1[c-][c-][cH-][c-]1.c1ccc([PH+](c2ccccc2)c2ccccc2)cc1. The predicted molar refractivity (Wildman–Crippen MR) is 108 cm³/mol. The molecule has 0 amide bonds. The molecular formula is C24H17IrOP-4. The van der Waals surface area contributed by atoms with Gasteiger partial charge in [-0.25, -0.2) is 0 Å². The van der Waals surface area contributed by atoms with Crippen molar-refractivity contribution in [2.45, 2.75) is 0 Å². The number of rotatable bonds is 3. The quantitative estimate of drug-likeness (QED) is 0.213. The van der Waals surface area contributed by atoms with Crippen LogP contribution >= 0.6 is 7.92 Å². The molecule has 1 radical (unpaired) electrons. The van der Waals surface area contributed by atoms with Gasteiger partial charge in [-0.05, 0) is 36.4 Å². The summed E-state index contributed by atoms with van der Waals surface area (Å²) in [5.74, 6) is 0. The summed E-state index contributed by atoms with van der Waals surface area (Å²) in [6.45, 7) is 4.50. The minimum Gasteiger partial charge on any atom is -0.999 e. The van der Waals surface area contributed by atoms with E-state index >= 15 is 0 Å². The molecule has 0 fully saturated rings. The van der Waals surface area contributed by atoms with Gasteiger partial charge in [0.2, 0.25) is 0 Å². The molecule has 4 aromatic rings. The van der Waals surface area contributed by atoms with E-state index in [2.05, 4.69) is 122 Å². The van der Waals surface area contributed by atoms with Gasteiger partial charge in [-0.1, -0.05) is 54.6 Å². The topological polar surface area (TPSA) is 19.9 Å². The van der Waals surface area contributed by atoms with Gasteiger partial charge in [0.15, 0.2) is 0 Å². The third-order valence-electron chi connectivity index (χ3n) is 3.54. The molecule has 3 heteroatoms. The van der Waals surface area contributed by atoms with E-state index in [1.807, 2.05) is 0 Å². The van der Waals surface area contributed by atoms with E-state index in [0.717, 1.165) is 0 Å². The molecular weight excluding hydrogens is 527 g/mol. The number of benzene rings is 3. The van der Waals surface area contributed by atoms with Gasteiger partial charge in [0.05, 0.1) is 7.92 Å². The average Bonchev–Trinajstić information content (AvgIpc) is 3.33. The Morgan fingerprint density at radius 2 is 0.889 bits per heavy atom. The van der Waals surface area contributed by atoms with E-state index in [4.69, 9.17) is 4.65 Å². The second kappa shape index (κ2) is 14.0. The van der Waals surface area contributed by atoms with E-state index in [0.29, 0.717) is 0 Å². The maximum absolute atomic E-state index is 7.50. The first kappa shape index (κ1) is 22.9. The van der Waals surface area contributed by atoms with Crippen LogP contribution in [0.5, 0.6) is 0 Å². The van der Waals surface area contributed by atoms with E-state index in [-0.39, 0.29) is 20.1 Å². The summed E-state index contributed by atoms with van der Waals surface area (Å²) in [6.07, 6.45) is 0. The normalized spacial score (nSPS) is 9.00. The van der Waals surface area contributed by atoms with Crippen LogP contribution in [0.25, 0.3) is 0 Å². The standard InChI is InChI=1S/C18H15P.C5H.CO.Ir/c1-4-10-16(11-5-1)19(17-12-6-2-7-13-17)18-14-8-3-9-15-18;1-2-4-5-3-1;1-2;/h1-15H;1H;;/q;-5;;/p+1. The Labute approximate surface area is 176 Å². The van der Waals surface area contributed by atoms with Crippen LogP contribution in [-0.4, -0.2) is 0 Å². The molecule has 137 valence electrons. The van der Waals surface area contributed by atoms with Gasteiger partial charge in [0, 0.05) is 20.1 Å². The molecule has 0 aromatic heterocycles. The Hall–Kier alpha value is -2.17. The molecule has 0 aliphatic heterocycles. The predicted octanol–water partition coefficient (Wildman–Crippen LogP) is 3.74. The largest absolute Gasteiger partial charge is 0.999 e. The molecule has 0 saturated carbocycles. The molecule has 0 N–H and O–H groups in total. The molecule has 27 heavy (non-hydrogen) atoms. The fourth-order valence-electron chi connectivity index (χ4n) is 2.49. The Morgan fingerprint density at radius 1 is 0.593 bits per heavy atom. The molecule has 0 aliphatic carbocycles. The summed E-state index contributed by atoms with van der Waals surface area (Å²) >= 11 is 0. The summed E-state index contributed by atoms with van der Waals surface area (Å²) in [5.41, 5.74) is 0. The molecule has 0 aliphatic rings. The van der Waals surface area contributed by atoms with Crippen LogP contribution < -0.4 is 15.9 Å². The maximum atomic E-state index is 7.50. The van der Waals surface area contributed by atoms with Crippen LogP contribution in [-0.2, 0) is 24.8 Å². The number of hydrogen-bond acceptors (Lipinski definition) is 0. The van der Waals surface area contributed by atoms with Crippen LogP contribution in [0.15, 0.2) is 97.1 Å². The summed E-state index contributed by atoms with van der Waals surface area (Å²) in [5, 5.41) is 4.31. The second-order valence-corrected chi connectivity index (χ2v) is 7.64. The molecule has 0 heterocycles. The van der Waals surface area contributed by atoms with Gasteiger partial charge >= 0.3 is 11.3 Å². The molecule has 0 saturated heterocycles. The summed E-state index contributed by atoms with van der Waals surface area (Å²) in [4.78, 5) is 0. The molecule has 0 spiro atoms. The fraction of sp³-hybridized carbons (Fsp3) is 0. The number of hydrogen-bond donors (Lipinski definition) is 0. The minimum atomic E-state index is -0.877. The minimum absolute atomic E-state index is 0. The smallest absolute Gasteiger partial charge is 0.102 e.